The molecule has 0 bridgehead atoms. The van der Waals surface area contributed by atoms with E-state index >= 15 is 0 Å². The molecule has 1 unspecified atom stereocenters. The van der Waals surface area contributed by atoms with Crippen LogP contribution in [0, 0.1) is 25.7 Å². The molecule has 0 aromatic heterocycles. The van der Waals surface area contributed by atoms with Crippen molar-refractivity contribution in [2.45, 2.75) is 44.4 Å². The number of amides is 2. The summed E-state index contributed by atoms with van der Waals surface area (Å²) in [6, 6.07) is 5.05. The van der Waals surface area contributed by atoms with Gasteiger partial charge < -0.3 is 24.4 Å². The third-order valence-corrected chi connectivity index (χ3v) is 7.38. The molecular weight excluding hydrogens is 436 g/mol. The Hall–Kier alpha value is -2.97. The zero-order chi connectivity index (χ0) is 24.0. The number of fused-ring (bicyclic) bond motifs is 2. The Labute approximate surface area is 198 Å². The van der Waals surface area contributed by atoms with Gasteiger partial charge in [-0.15, -0.1) is 0 Å². The van der Waals surface area contributed by atoms with Gasteiger partial charge in [0.1, 0.15) is 24.2 Å². The monoisotopic (exact) mass is 466 g/mol. The molecular formula is C26H30N2O6. The number of benzene rings is 1. The summed E-state index contributed by atoms with van der Waals surface area (Å²) in [4.78, 5) is 44.2. The molecule has 2 saturated heterocycles. The number of carbonyl (C=O) groups excluding carboxylic acids is 3. The second-order valence-corrected chi connectivity index (χ2v) is 9.50. The van der Waals surface area contributed by atoms with Gasteiger partial charge in [-0.2, -0.15) is 0 Å². The molecule has 1 aromatic rings. The predicted molar refractivity (Wildman–Crippen MR) is 124 cm³/mol. The minimum absolute atomic E-state index is 0.00203. The first-order valence-corrected chi connectivity index (χ1v) is 11.9. The van der Waals surface area contributed by atoms with Crippen LogP contribution in [0.25, 0.3) is 0 Å². The number of aryl methyl sites for hydroxylation is 2. The predicted octanol–water partition coefficient (Wildman–Crippen LogP) is 1.67. The van der Waals surface area contributed by atoms with E-state index in [0.29, 0.717) is 25.9 Å². The van der Waals surface area contributed by atoms with Crippen molar-refractivity contribution in [2.75, 3.05) is 31.2 Å². The number of aliphatic hydroxyl groups excluding tert-OH is 1. The molecule has 1 aromatic carbocycles. The number of nitrogens with zero attached hydrogens (tertiary/aromatic N) is 2. The summed E-state index contributed by atoms with van der Waals surface area (Å²) in [5.41, 5.74) is 1.53. The number of hydrogen-bond donors (Lipinski definition) is 1. The quantitative estimate of drug-likeness (QED) is 0.403. The molecule has 8 nitrogen and oxygen atoms in total. The fraction of sp³-hybridized carbons (Fsp3) is 0.500. The molecule has 0 aliphatic carbocycles. The molecule has 4 heterocycles. The number of esters is 1. The van der Waals surface area contributed by atoms with Gasteiger partial charge in [-0.3, -0.25) is 14.4 Å². The summed E-state index contributed by atoms with van der Waals surface area (Å²) in [6.07, 6.45) is 7.62. The number of ether oxygens (including phenoxy) is 2. The van der Waals surface area contributed by atoms with E-state index in [9.17, 15) is 19.5 Å². The summed E-state index contributed by atoms with van der Waals surface area (Å²) in [5, 5.41) is 9.28. The fourth-order valence-corrected chi connectivity index (χ4v) is 5.83. The van der Waals surface area contributed by atoms with Gasteiger partial charge in [-0.25, -0.2) is 0 Å². The molecule has 0 saturated carbocycles. The largest absolute Gasteiger partial charge is 0.461 e. The van der Waals surface area contributed by atoms with E-state index in [4.69, 9.17) is 9.47 Å². The van der Waals surface area contributed by atoms with E-state index in [1.165, 1.54) is 0 Å². The van der Waals surface area contributed by atoms with Gasteiger partial charge in [-0.1, -0.05) is 30.4 Å². The van der Waals surface area contributed by atoms with E-state index in [1.807, 2.05) is 44.2 Å². The van der Waals surface area contributed by atoms with Gasteiger partial charge in [0.2, 0.25) is 5.91 Å². The molecule has 1 N–H and O–H groups in total. The van der Waals surface area contributed by atoms with E-state index in [0.717, 1.165) is 16.8 Å². The van der Waals surface area contributed by atoms with Gasteiger partial charge in [0.25, 0.3) is 5.91 Å². The highest BCUT2D eigenvalue weighted by atomic mass is 16.6. The van der Waals surface area contributed by atoms with Crippen molar-refractivity contribution in [1.82, 2.24) is 4.90 Å². The highest BCUT2D eigenvalue weighted by Gasteiger charge is 2.71. The first kappa shape index (κ1) is 22.8. The van der Waals surface area contributed by atoms with Crippen molar-refractivity contribution < 1.29 is 29.0 Å². The van der Waals surface area contributed by atoms with E-state index in [1.54, 1.807) is 22.0 Å². The SMILES string of the molecule is Cc1ccc(C)c(N2CC=C[C@]34O[C@H]5C=CCOC(=O)[C@H]5[C@H]3C(=O)N(CCCCO)C4C2=O)c1. The van der Waals surface area contributed by atoms with E-state index < -0.39 is 35.6 Å². The van der Waals surface area contributed by atoms with Crippen LogP contribution in [0.4, 0.5) is 5.69 Å². The number of unbranched alkanes of at least 4 members (excludes halogenated alkanes) is 1. The maximum atomic E-state index is 14.2. The van der Waals surface area contributed by atoms with Crippen LogP contribution in [0.15, 0.2) is 42.5 Å². The lowest BCUT2D eigenvalue weighted by atomic mass is 9.78. The number of carbonyl (C=O) groups is 3. The van der Waals surface area contributed by atoms with Gasteiger partial charge in [0.15, 0.2) is 0 Å². The minimum Gasteiger partial charge on any atom is -0.461 e. The van der Waals surface area contributed by atoms with Crippen molar-refractivity contribution in [3.8, 4) is 0 Å². The highest BCUT2D eigenvalue weighted by molar-refractivity contribution is 6.05. The molecule has 180 valence electrons. The Morgan fingerprint density at radius 1 is 1.12 bits per heavy atom. The van der Waals surface area contributed by atoms with Crippen molar-refractivity contribution in [2.24, 2.45) is 11.8 Å². The number of rotatable bonds is 5. The molecule has 4 aliphatic heterocycles. The van der Waals surface area contributed by atoms with Crippen LogP contribution in [-0.4, -0.2) is 71.8 Å². The van der Waals surface area contributed by atoms with Crippen molar-refractivity contribution in [3.05, 3.63) is 53.6 Å². The van der Waals surface area contributed by atoms with Crippen molar-refractivity contribution >= 4 is 23.5 Å². The maximum absolute atomic E-state index is 14.2. The average Bonchev–Trinajstić information content (AvgIpc) is 3.10. The molecule has 34 heavy (non-hydrogen) atoms. The van der Waals surface area contributed by atoms with Crippen LogP contribution in [0.5, 0.6) is 0 Å². The first-order chi connectivity index (χ1) is 16.4. The highest BCUT2D eigenvalue weighted by Crippen LogP contribution is 2.53. The molecule has 5 rings (SSSR count). The number of anilines is 1. The molecule has 0 radical (unpaired) electrons. The lowest BCUT2D eigenvalue weighted by Crippen LogP contribution is -2.55. The molecule has 2 amide bonds. The molecule has 2 fully saturated rings. The van der Waals surface area contributed by atoms with Gasteiger partial charge >= 0.3 is 5.97 Å². The summed E-state index contributed by atoms with van der Waals surface area (Å²) in [6.45, 7) is 4.72. The normalized spacial score (nSPS) is 32.3. The van der Waals surface area contributed by atoms with Crippen molar-refractivity contribution in [1.29, 1.82) is 0 Å². The molecule has 8 heteroatoms. The first-order valence-electron chi connectivity index (χ1n) is 11.9. The summed E-state index contributed by atoms with van der Waals surface area (Å²) in [5.74, 6) is -2.62. The lowest BCUT2D eigenvalue weighted by Gasteiger charge is -2.35. The van der Waals surface area contributed by atoms with Crippen LogP contribution in [0.3, 0.4) is 0 Å². The van der Waals surface area contributed by atoms with Gasteiger partial charge in [0, 0.05) is 25.4 Å². The summed E-state index contributed by atoms with van der Waals surface area (Å²) in [7, 11) is 0. The number of cyclic esters (lactones) is 1. The summed E-state index contributed by atoms with van der Waals surface area (Å²) < 4.78 is 11.8. The van der Waals surface area contributed by atoms with Gasteiger partial charge in [-0.05, 0) is 50.0 Å². The van der Waals surface area contributed by atoms with E-state index in [2.05, 4.69) is 0 Å². The Morgan fingerprint density at radius 3 is 2.74 bits per heavy atom. The smallest absolute Gasteiger partial charge is 0.313 e. The number of aliphatic hydroxyl groups is 1. The van der Waals surface area contributed by atoms with Crippen LogP contribution < -0.4 is 4.90 Å². The number of likely N-dealkylation sites (tertiary alicyclic amines) is 1. The second-order valence-electron chi connectivity index (χ2n) is 9.50. The summed E-state index contributed by atoms with van der Waals surface area (Å²) >= 11 is 0. The van der Waals surface area contributed by atoms with Gasteiger partial charge in [0.05, 0.1) is 12.0 Å². The zero-order valence-electron chi connectivity index (χ0n) is 19.5. The lowest BCUT2D eigenvalue weighted by molar-refractivity contribution is -0.152. The van der Waals surface area contributed by atoms with Crippen molar-refractivity contribution in [3.63, 3.8) is 0 Å². The fourth-order valence-electron chi connectivity index (χ4n) is 5.83. The standard InChI is InChI=1S/C26H30N2O6/c1-16-8-9-17(2)18(15-16)27-12-6-10-26-21(20-19(34-26)7-5-14-33-25(20)32)23(30)28(11-3-4-13-29)22(26)24(27)31/h5-10,15,19-22,29H,3-4,11-14H2,1-2H3/t19-,20+,21-,22?,26-/m0/s1. The third-order valence-electron chi connectivity index (χ3n) is 7.38. The third kappa shape index (κ3) is 3.39. The Balaban J connectivity index is 1.61. The van der Waals surface area contributed by atoms with Crippen LogP contribution in [-0.2, 0) is 23.9 Å². The van der Waals surface area contributed by atoms with Crippen LogP contribution in [0.2, 0.25) is 0 Å². The number of hydrogen-bond acceptors (Lipinski definition) is 6. The zero-order valence-corrected chi connectivity index (χ0v) is 19.5. The second kappa shape index (κ2) is 8.67. The average molecular weight is 467 g/mol. The minimum atomic E-state index is -1.25. The molecule has 5 atom stereocenters. The maximum Gasteiger partial charge on any atom is 0.313 e. The van der Waals surface area contributed by atoms with E-state index in [-0.39, 0.29) is 25.0 Å². The Bertz CT molecular complexity index is 1080. The molecule has 1 spiro atoms. The Morgan fingerprint density at radius 2 is 1.94 bits per heavy atom. The van der Waals surface area contributed by atoms with Crippen LogP contribution in [0.1, 0.15) is 24.0 Å². The topological polar surface area (TPSA) is 96.4 Å². The van der Waals surface area contributed by atoms with Crippen LogP contribution >= 0.6 is 0 Å². The molecule has 4 aliphatic rings. The Kier molecular flexibility index (Phi) is 5.81.